The molecule has 0 aliphatic carbocycles. The van der Waals surface area contributed by atoms with E-state index in [0.717, 1.165) is 11.3 Å². The van der Waals surface area contributed by atoms with Gasteiger partial charge in [-0.25, -0.2) is 8.42 Å². The Kier molecular flexibility index (Phi) is 7.36. The van der Waals surface area contributed by atoms with Gasteiger partial charge in [0.15, 0.2) is 9.84 Å². The molecule has 0 spiro atoms. The smallest absolute Gasteiger partial charge is 0.251 e. The van der Waals surface area contributed by atoms with Gasteiger partial charge < -0.3 is 10.6 Å². The van der Waals surface area contributed by atoms with Crippen molar-refractivity contribution in [1.29, 1.82) is 5.26 Å². The first kappa shape index (κ1) is 20.9. The number of carbonyl (C=O) groups excluding carboxylic acids is 2. The van der Waals surface area contributed by atoms with Gasteiger partial charge in [-0.05, 0) is 24.3 Å². The number of benzene rings is 1. The number of nitriles is 1. The van der Waals surface area contributed by atoms with E-state index < -0.39 is 33.4 Å². The molecule has 10 heteroatoms. The Morgan fingerprint density at radius 1 is 1.19 bits per heavy atom. The van der Waals surface area contributed by atoms with Crippen molar-refractivity contribution in [2.75, 3.05) is 12.3 Å². The highest BCUT2D eigenvalue weighted by Crippen LogP contribution is 2.23. The van der Waals surface area contributed by atoms with E-state index in [4.69, 9.17) is 16.9 Å². The maximum Gasteiger partial charge on any atom is 0.251 e. The van der Waals surface area contributed by atoms with Crippen LogP contribution in [-0.4, -0.2) is 38.6 Å². The molecule has 2 rings (SSSR count). The lowest BCUT2D eigenvalue weighted by atomic mass is 10.2. The summed E-state index contributed by atoms with van der Waals surface area (Å²) in [6.45, 7) is -0.295. The molecule has 1 atom stereocenters. The lowest BCUT2D eigenvalue weighted by Gasteiger charge is -2.18. The molecule has 2 N–H and O–H groups in total. The summed E-state index contributed by atoms with van der Waals surface area (Å²) < 4.78 is 25.4. The zero-order chi connectivity index (χ0) is 19.9. The summed E-state index contributed by atoms with van der Waals surface area (Å²) in [5, 5.41) is 13.3. The van der Waals surface area contributed by atoms with Crippen LogP contribution in [0.15, 0.2) is 42.5 Å². The molecule has 0 saturated heterocycles. The third kappa shape index (κ3) is 6.67. The van der Waals surface area contributed by atoms with Gasteiger partial charge >= 0.3 is 0 Å². The number of sulfone groups is 1. The molecule has 0 aliphatic heterocycles. The van der Waals surface area contributed by atoms with Crippen LogP contribution in [0.4, 0.5) is 0 Å². The van der Waals surface area contributed by atoms with Gasteiger partial charge in [0.1, 0.15) is 12.6 Å². The van der Waals surface area contributed by atoms with E-state index in [0.29, 0.717) is 9.21 Å². The zero-order valence-corrected chi connectivity index (χ0v) is 16.4. The first-order valence-electron chi connectivity index (χ1n) is 7.76. The summed E-state index contributed by atoms with van der Waals surface area (Å²) in [4.78, 5) is 25.1. The van der Waals surface area contributed by atoms with E-state index in [2.05, 4.69) is 10.6 Å². The fourth-order valence-electron chi connectivity index (χ4n) is 2.22. The average molecular weight is 426 g/mol. The van der Waals surface area contributed by atoms with Crippen LogP contribution in [0.3, 0.4) is 0 Å². The number of hydrogen-bond acceptors (Lipinski definition) is 6. The molecule has 142 valence electrons. The lowest BCUT2D eigenvalue weighted by molar-refractivity contribution is -0.122. The van der Waals surface area contributed by atoms with Gasteiger partial charge in [-0.1, -0.05) is 29.8 Å². The highest BCUT2D eigenvalue weighted by molar-refractivity contribution is 7.90. The van der Waals surface area contributed by atoms with Crippen LogP contribution in [-0.2, 0) is 20.4 Å². The summed E-state index contributed by atoms with van der Waals surface area (Å²) in [6, 6.07) is 11.7. The Morgan fingerprint density at radius 3 is 2.48 bits per heavy atom. The van der Waals surface area contributed by atoms with Gasteiger partial charge in [-0.3, -0.25) is 9.59 Å². The van der Waals surface area contributed by atoms with E-state index in [1.54, 1.807) is 48.5 Å². The molecular formula is C17H16ClN3O4S2. The van der Waals surface area contributed by atoms with Crippen molar-refractivity contribution in [3.63, 3.8) is 0 Å². The quantitative estimate of drug-likeness (QED) is 0.625. The number of nitrogens with zero attached hydrogens (tertiary/aromatic N) is 1. The molecule has 1 aromatic carbocycles. The molecule has 1 heterocycles. The van der Waals surface area contributed by atoms with E-state index in [1.165, 1.54) is 0 Å². The van der Waals surface area contributed by atoms with E-state index >= 15 is 0 Å². The topological polar surface area (TPSA) is 116 Å². The molecule has 2 amide bonds. The van der Waals surface area contributed by atoms with Crippen molar-refractivity contribution >= 4 is 44.6 Å². The predicted octanol–water partition coefficient (Wildman–Crippen LogP) is 1.75. The molecule has 0 unspecified atom stereocenters. The average Bonchev–Trinajstić information content (AvgIpc) is 3.03. The van der Waals surface area contributed by atoms with Crippen LogP contribution < -0.4 is 10.6 Å². The summed E-state index contributed by atoms with van der Waals surface area (Å²) in [5.74, 6) is -2.22. The molecule has 0 saturated carbocycles. The van der Waals surface area contributed by atoms with Gasteiger partial charge in [0, 0.05) is 10.4 Å². The maximum atomic E-state index is 12.5. The normalized spacial score (nSPS) is 12.0. The fourth-order valence-corrected chi connectivity index (χ4v) is 5.27. The van der Waals surface area contributed by atoms with Crippen molar-refractivity contribution in [3.05, 3.63) is 57.2 Å². The largest absolute Gasteiger partial charge is 0.341 e. The van der Waals surface area contributed by atoms with Gasteiger partial charge in [-0.2, -0.15) is 5.26 Å². The van der Waals surface area contributed by atoms with Crippen molar-refractivity contribution in [2.45, 2.75) is 11.8 Å². The van der Waals surface area contributed by atoms with Crippen LogP contribution in [0.25, 0.3) is 0 Å². The van der Waals surface area contributed by atoms with Crippen LogP contribution in [0, 0.1) is 11.3 Å². The highest BCUT2D eigenvalue weighted by atomic mass is 35.5. The first-order valence-corrected chi connectivity index (χ1v) is 10.8. The third-order valence-corrected chi connectivity index (χ3v) is 6.42. The second-order valence-corrected chi connectivity index (χ2v) is 9.44. The van der Waals surface area contributed by atoms with Crippen LogP contribution >= 0.6 is 22.9 Å². The van der Waals surface area contributed by atoms with Crippen LogP contribution in [0.2, 0.25) is 4.34 Å². The number of amides is 2. The van der Waals surface area contributed by atoms with Crippen LogP contribution in [0.1, 0.15) is 15.2 Å². The summed E-state index contributed by atoms with van der Waals surface area (Å²) in [7, 11) is -3.73. The zero-order valence-electron chi connectivity index (χ0n) is 14.0. The lowest BCUT2D eigenvalue weighted by Crippen LogP contribution is -2.50. The van der Waals surface area contributed by atoms with E-state index in [9.17, 15) is 18.0 Å². The number of nitrogens with one attached hydrogen (secondary N) is 2. The summed E-state index contributed by atoms with van der Waals surface area (Å²) in [6.07, 6.45) is 0. The van der Waals surface area contributed by atoms with Crippen molar-refractivity contribution in [2.24, 2.45) is 0 Å². The number of rotatable bonds is 8. The Morgan fingerprint density at radius 2 is 1.89 bits per heavy atom. The Labute approximate surface area is 165 Å². The number of hydrogen-bond donors (Lipinski definition) is 2. The Hall–Kier alpha value is -2.41. The molecule has 0 aliphatic rings. The maximum absolute atomic E-state index is 12.5. The van der Waals surface area contributed by atoms with Gasteiger partial charge in [0.25, 0.3) is 5.91 Å². The minimum Gasteiger partial charge on any atom is -0.341 e. The van der Waals surface area contributed by atoms with Crippen molar-refractivity contribution in [3.8, 4) is 6.07 Å². The molecular weight excluding hydrogens is 410 g/mol. The first-order chi connectivity index (χ1) is 12.8. The van der Waals surface area contributed by atoms with Crippen molar-refractivity contribution < 1.29 is 18.0 Å². The summed E-state index contributed by atoms with van der Waals surface area (Å²) >= 11 is 6.94. The van der Waals surface area contributed by atoms with Gasteiger partial charge in [0.05, 0.1) is 21.9 Å². The fraction of sp³-hybridized carbons (Fsp3) is 0.235. The molecule has 1 aromatic heterocycles. The van der Waals surface area contributed by atoms with Gasteiger partial charge in [0.2, 0.25) is 5.91 Å². The summed E-state index contributed by atoms with van der Waals surface area (Å²) in [5.41, 5.74) is 0.290. The highest BCUT2D eigenvalue weighted by Gasteiger charge is 2.28. The second-order valence-electron chi connectivity index (χ2n) is 5.53. The molecule has 7 nitrogen and oxygen atoms in total. The molecule has 27 heavy (non-hydrogen) atoms. The third-order valence-electron chi connectivity index (χ3n) is 3.41. The van der Waals surface area contributed by atoms with E-state index in [-0.39, 0.29) is 17.9 Å². The minimum atomic E-state index is -3.73. The monoisotopic (exact) mass is 425 g/mol. The molecule has 0 radical (unpaired) electrons. The van der Waals surface area contributed by atoms with Gasteiger partial charge in [-0.15, -0.1) is 11.3 Å². The number of thiophene rings is 1. The number of halogens is 1. The second kappa shape index (κ2) is 9.50. The van der Waals surface area contributed by atoms with Crippen LogP contribution in [0.5, 0.6) is 0 Å². The molecule has 0 bridgehead atoms. The SMILES string of the molecule is N#CCNC(=O)[C@H](CS(=O)(=O)Cc1ccc(Cl)s1)NC(=O)c1ccccc1. The van der Waals surface area contributed by atoms with E-state index in [1.807, 2.05) is 0 Å². The Balaban J connectivity index is 2.15. The molecule has 2 aromatic rings. The minimum absolute atomic E-state index is 0.290. The molecule has 0 fully saturated rings. The standard InChI is InChI=1S/C17H16ClN3O4S2/c18-15-7-6-13(26-15)10-27(24,25)11-14(17(23)20-9-8-19)21-16(22)12-4-2-1-3-5-12/h1-7,14H,9-11H2,(H,20,23)(H,21,22)/t14-/m0/s1. The number of carbonyl (C=O) groups is 2. The van der Waals surface area contributed by atoms with Crippen molar-refractivity contribution in [1.82, 2.24) is 10.6 Å². The Bertz CT molecular complexity index is 952. The predicted molar refractivity (Wildman–Crippen MR) is 103 cm³/mol.